The minimum atomic E-state index is -0.457. The van der Waals surface area contributed by atoms with Gasteiger partial charge in [0.25, 0.3) is 11.6 Å². The number of amides is 1. The molecule has 7 heteroatoms. The van der Waals surface area contributed by atoms with Crippen LogP contribution in [0.4, 0.5) is 11.4 Å². The maximum Gasteiger partial charge on any atom is 0.271 e. The molecular weight excluding hydrogens is 340 g/mol. The summed E-state index contributed by atoms with van der Waals surface area (Å²) in [6, 6.07) is 4.39. The molecule has 0 unspecified atom stereocenters. The highest BCUT2D eigenvalue weighted by Crippen LogP contribution is 2.45. The van der Waals surface area contributed by atoms with Crippen LogP contribution in [-0.4, -0.2) is 29.3 Å². The van der Waals surface area contributed by atoms with Crippen LogP contribution in [0.3, 0.4) is 0 Å². The Kier molecular flexibility index (Phi) is 3.61. The number of nitrogens with zero attached hydrogens (tertiary/aromatic N) is 2. The highest BCUT2D eigenvalue weighted by molar-refractivity contribution is 9.09. The van der Waals surface area contributed by atoms with Gasteiger partial charge in [-0.2, -0.15) is 0 Å². The third-order valence-electron chi connectivity index (χ3n) is 4.29. The summed E-state index contributed by atoms with van der Waals surface area (Å²) < 4.78 is 5.37. The van der Waals surface area contributed by atoms with Crippen LogP contribution in [0.5, 0.6) is 5.75 Å². The van der Waals surface area contributed by atoms with Crippen LogP contribution in [0.1, 0.15) is 19.3 Å². The van der Waals surface area contributed by atoms with Crippen LogP contribution in [0, 0.1) is 15.5 Å². The lowest BCUT2D eigenvalue weighted by molar-refractivity contribution is -0.384. The van der Waals surface area contributed by atoms with Gasteiger partial charge in [0.2, 0.25) is 0 Å². The second-order valence-electron chi connectivity index (χ2n) is 5.66. The lowest BCUT2D eigenvalue weighted by atomic mass is 9.70. The number of alkyl halides is 1. The molecule has 0 N–H and O–H groups in total. The van der Waals surface area contributed by atoms with Gasteiger partial charge in [0.05, 0.1) is 10.6 Å². The molecular formula is C14H15BrN2O4. The first-order chi connectivity index (χ1) is 10.0. The monoisotopic (exact) mass is 354 g/mol. The maximum absolute atomic E-state index is 12.2. The molecule has 0 aromatic heterocycles. The molecule has 6 nitrogen and oxygen atoms in total. The van der Waals surface area contributed by atoms with E-state index in [1.165, 1.54) is 12.1 Å². The molecule has 0 saturated heterocycles. The van der Waals surface area contributed by atoms with Crippen molar-refractivity contribution in [1.29, 1.82) is 0 Å². The second-order valence-corrected chi connectivity index (χ2v) is 6.23. The van der Waals surface area contributed by atoms with Crippen LogP contribution in [-0.2, 0) is 4.79 Å². The SMILES string of the molecule is O=C1COc2ccc([N+](=O)[O-])cc2N1CC1(CBr)CCC1. The van der Waals surface area contributed by atoms with Gasteiger partial charge in [-0.15, -0.1) is 0 Å². The molecule has 0 radical (unpaired) electrons. The van der Waals surface area contributed by atoms with Crippen molar-refractivity contribution in [1.82, 2.24) is 0 Å². The zero-order valence-electron chi connectivity index (χ0n) is 11.4. The molecule has 1 amide bonds. The van der Waals surface area contributed by atoms with E-state index in [-0.39, 0.29) is 23.6 Å². The van der Waals surface area contributed by atoms with Crippen molar-refractivity contribution in [3.8, 4) is 5.75 Å². The number of non-ortho nitro benzene ring substituents is 1. The standard InChI is InChI=1S/C14H15BrN2O4/c15-8-14(4-1-5-14)9-16-11-6-10(17(19)20)2-3-12(11)21-7-13(16)18/h2-3,6H,1,4-5,7-9H2. The summed E-state index contributed by atoms with van der Waals surface area (Å²) in [5.74, 6) is 0.388. The number of anilines is 1. The summed E-state index contributed by atoms with van der Waals surface area (Å²) in [7, 11) is 0. The molecule has 1 aliphatic carbocycles. The summed E-state index contributed by atoms with van der Waals surface area (Å²) in [5.41, 5.74) is 0.556. The maximum atomic E-state index is 12.2. The lowest BCUT2D eigenvalue weighted by Gasteiger charge is -2.44. The smallest absolute Gasteiger partial charge is 0.271 e. The van der Waals surface area contributed by atoms with E-state index in [0.29, 0.717) is 18.0 Å². The van der Waals surface area contributed by atoms with Crippen LogP contribution in [0.15, 0.2) is 18.2 Å². The predicted octanol–water partition coefficient (Wildman–Crippen LogP) is 2.89. The molecule has 21 heavy (non-hydrogen) atoms. The van der Waals surface area contributed by atoms with Crippen LogP contribution >= 0.6 is 15.9 Å². The first kappa shape index (κ1) is 14.3. The normalized spacial score (nSPS) is 19.5. The topological polar surface area (TPSA) is 72.7 Å². The van der Waals surface area contributed by atoms with Crippen LogP contribution in [0.2, 0.25) is 0 Å². The van der Waals surface area contributed by atoms with Gasteiger partial charge < -0.3 is 9.64 Å². The van der Waals surface area contributed by atoms with Gasteiger partial charge in [-0.3, -0.25) is 14.9 Å². The van der Waals surface area contributed by atoms with Crippen molar-refractivity contribution in [3.63, 3.8) is 0 Å². The van der Waals surface area contributed by atoms with Gasteiger partial charge in [0, 0.05) is 24.0 Å². The van der Waals surface area contributed by atoms with Crippen molar-refractivity contribution in [2.24, 2.45) is 5.41 Å². The molecule has 2 aliphatic rings. The van der Waals surface area contributed by atoms with E-state index in [1.807, 2.05) is 0 Å². The van der Waals surface area contributed by atoms with E-state index in [1.54, 1.807) is 11.0 Å². The van der Waals surface area contributed by atoms with Crippen LogP contribution in [0.25, 0.3) is 0 Å². The number of carbonyl (C=O) groups is 1. The predicted molar refractivity (Wildman–Crippen MR) is 81.0 cm³/mol. The molecule has 3 rings (SSSR count). The molecule has 1 aromatic rings. The highest BCUT2D eigenvalue weighted by Gasteiger charge is 2.41. The first-order valence-corrected chi connectivity index (χ1v) is 7.94. The van der Waals surface area contributed by atoms with E-state index in [9.17, 15) is 14.9 Å². The van der Waals surface area contributed by atoms with Gasteiger partial charge >= 0.3 is 0 Å². The van der Waals surface area contributed by atoms with E-state index in [0.717, 1.165) is 24.6 Å². The molecule has 1 aromatic carbocycles. The third kappa shape index (κ3) is 2.50. The van der Waals surface area contributed by atoms with Gasteiger partial charge in [-0.1, -0.05) is 22.4 Å². The van der Waals surface area contributed by atoms with Crippen molar-refractivity contribution in [2.75, 3.05) is 23.4 Å². The average Bonchev–Trinajstić information content (AvgIpc) is 2.44. The Balaban J connectivity index is 1.95. The first-order valence-electron chi connectivity index (χ1n) is 6.82. The fraction of sp³-hybridized carbons (Fsp3) is 0.500. The molecule has 0 bridgehead atoms. The Morgan fingerprint density at radius 3 is 2.76 bits per heavy atom. The molecule has 1 heterocycles. The van der Waals surface area contributed by atoms with Gasteiger partial charge in [0.15, 0.2) is 6.61 Å². The average molecular weight is 355 g/mol. The van der Waals surface area contributed by atoms with E-state index >= 15 is 0 Å². The van der Waals surface area contributed by atoms with Gasteiger partial charge in [-0.25, -0.2) is 0 Å². The Morgan fingerprint density at radius 1 is 1.43 bits per heavy atom. The number of benzene rings is 1. The zero-order valence-corrected chi connectivity index (χ0v) is 13.0. The van der Waals surface area contributed by atoms with Crippen molar-refractivity contribution >= 4 is 33.2 Å². The Hall–Kier alpha value is -1.63. The minimum absolute atomic E-state index is 0.0107. The Labute approximate surface area is 130 Å². The summed E-state index contributed by atoms with van der Waals surface area (Å²) in [5, 5.41) is 11.8. The number of ether oxygens (including phenoxy) is 1. The fourth-order valence-electron chi connectivity index (χ4n) is 2.82. The van der Waals surface area contributed by atoms with Crippen molar-refractivity contribution in [2.45, 2.75) is 19.3 Å². The summed E-state index contributed by atoms with van der Waals surface area (Å²) >= 11 is 3.53. The summed E-state index contributed by atoms with van der Waals surface area (Å²) in [4.78, 5) is 24.3. The molecule has 1 saturated carbocycles. The van der Waals surface area contributed by atoms with Gasteiger partial charge in [-0.05, 0) is 24.3 Å². The number of hydrogen-bond donors (Lipinski definition) is 0. The summed E-state index contributed by atoms with van der Waals surface area (Å²) in [6.07, 6.45) is 3.28. The minimum Gasteiger partial charge on any atom is -0.482 e. The number of fused-ring (bicyclic) bond motifs is 1. The van der Waals surface area contributed by atoms with Crippen molar-refractivity contribution in [3.05, 3.63) is 28.3 Å². The van der Waals surface area contributed by atoms with E-state index < -0.39 is 4.92 Å². The second kappa shape index (κ2) is 5.29. The van der Waals surface area contributed by atoms with E-state index in [2.05, 4.69) is 15.9 Å². The Bertz CT molecular complexity index is 595. The quantitative estimate of drug-likeness (QED) is 0.473. The van der Waals surface area contributed by atoms with E-state index in [4.69, 9.17) is 4.74 Å². The highest BCUT2D eigenvalue weighted by atomic mass is 79.9. The van der Waals surface area contributed by atoms with Crippen molar-refractivity contribution < 1.29 is 14.5 Å². The van der Waals surface area contributed by atoms with Crippen LogP contribution < -0.4 is 9.64 Å². The van der Waals surface area contributed by atoms with Gasteiger partial charge in [0.1, 0.15) is 5.75 Å². The third-order valence-corrected chi connectivity index (χ3v) is 5.48. The lowest BCUT2D eigenvalue weighted by Crippen LogP contribution is -2.49. The molecule has 1 aliphatic heterocycles. The fourth-order valence-corrected chi connectivity index (χ4v) is 3.56. The Morgan fingerprint density at radius 2 is 2.19 bits per heavy atom. The number of nitro groups is 1. The molecule has 0 atom stereocenters. The number of halogens is 1. The molecule has 112 valence electrons. The largest absolute Gasteiger partial charge is 0.482 e. The summed E-state index contributed by atoms with van der Waals surface area (Å²) in [6.45, 7) is 0.567. The number of nitro benzene ring substituents is 1. The molecule has 0 spiro atoms. The zero-order chi connectivity index (χ0) is 15.0. The number of rotatable bonds is 4. The molecule has 1 fully saturated rings. The number of carbonyl (C=O) groups excluding carboxylic acids is 1. The number of hydrogen-bond acceptors (Lipinski definition) is 4.